The summed E-state index contributed by atoms with van der Waals surface area (Å²) in [6.07, 6.45) is 0.0775. The molecule has 0 spiro atoms. The van der Waals surface area contributed by atoms with Gasteiger partial charge in [-0.15, -0.1) is 0 Å². The molecule has 0 amide bonds. The summed E-state index contributed by atoms with van der Waals surface area (Å²) in [5, 5.41) is 12.2. The first-order valence-electron chi connectivity index (χ1n) is 6.73. The highest BCUT2D eigenvalue weighted by Gasteiger charge is 2.04. The van der Waals surface area contributed by atoms with Crippen molar-refractivity contribution in [3.05, 3.63) is 71.3 Å². The van der Waals surface area contributed by atoms with Crippen LogP contribution in [0.1, 0.15) is 29.7 Å². The molecule has 2 aromatic rings. The summed E-state index contributed by atoms with van der Waals surface area (Å²) < 4.78 is 0. The minimum atomic E-state index is -0.798. The Morgan fingerprint density at radius 2 is 1.65 bits per heavy atom. The van der Waals surface area contributed by atoms with Gasteiger partial charge in [0.2, 0.25) is 0 Å². The molecule has 3 nitrogen and oxygen atoms in total. The number of nitrogens with one attached hydrogen (secondary N) is 1. The molecule has 104 valence electrons. The van der Waals surface area contributed by atoms with E-state index < -0.39 is 5.97 Å². The van der Waals surface area contributed by atoms with Crippen LogP contribution >= 0.6 is 0 Å². The topological polar surface area (TPSA) is 49.3 Å². The molecule has 20 heavy (non-hydrogen) atoms. The Morgan fingerprint density at radius 1 is 1.05 bits per heavy atom. The Bertz CT molecular complexity index is 549. The molecule has 0 fully saturated rings. The van der Waals surface area contributed by atoms with Gasteiger partial charge in [-0.1, -0.05) is 54.6 Å². The molecule has 2 rings (SSSR count). The number of carboxylic acid groups (broad SMARTS) is 1. The third-order valence-electron chi connectivity index (χ3n) is 3.29. The SMILES string of the molecule is CC(NCc1ccc(CC(=O)O)cc1)c1ccccc1. The molecule has 2 aromatic carbocycles. The van der Waals surface area contributed by atoms with Crippen molar-refractivity contribution in [2.24, 2.45) is 0 Å². The van der Waals surface area contributed by atoms with Gasteiger partial charge < -0.3 is 10.4 Å². The summed E-state index contributed by atoms with van der Waals surface area (Å²) in [4.78, 5) is 10.6. The molecule has 0 saturated heterocycles. The zero-order chi connectivity index (χ0) is 14.4. The molecule has 0 aliphatic heterocycles. The molecule has 1 atom stereocenters. The second kappa shape index (κ2) is 6.87. The normalized spacial score (nSPS) is 12.1. The highest BCUT2D eigenvalue weighted by atomic mass is 16.4. The number of aliphatic carboxylic acids is 1. The van der Waals surface area contributed by atoms with E-state index in [1.165, 1.54) is 5.56 Å². The third-order valence-corrected chi connectivity index (χ3v) is 3.29. The van der Waals surface area contributed by atoms with Gasteiger partial charge in [0.25, 0.3) is 0 Å². The number of hydrogen-bond donors (Lipinski definition) is 2. The van der Waals surface area contributed by atoms with E-state index in [0.29, 0.717) is 0 Å². The van der Waals surface area contributed by atoms with Gasteiger partial charge in [-0.3, -0.25) is 4.79 Å². The van der Waals surface area contributed by atoms with Crippen LogP contribution in [0, 0.1) is 0 Å². The van der Waals surface area contributed by atoms with Crippen molar-refractivity contribution in [3.8, 4) is 0 Å². The molecule has 0 saturated carbocycles. The Balaban J connectivity index is 1.89. The zero-order valence-corrected chi connectivity index (χ0v) is 11.5. The number of hydrogen-bond acceptors (Lipinski definition) is 2. The minimum Gasteiger partial charge on any atom is -0.481 e. The van der Waals surface area contributed by atoms with Crippen LogP contribution in [-0.4, -0.2) is 11.1 Å². The summed E-state index contributed by atoms with van der Waals surface area (Å²) in [6.45, 7) is 2.90. The van der Waals surface area contributed by atoms with Crippen LogP contribution in [0.2, 0.25) is 0 Å². The van der Waals surface area contributed by atoms with Crippen molar-refractivity contribution in [3.63, 3.8) is 0 Å². The second-order valence-electron chi connectivity index (χ2n) is 4.90. The molecular weight excluding hydrogens is 250 g/mol. The average molecular weight is 269 g/mol. The zero-order valence-electron chi connectivity index (χ0n) is 11.5. The van der Waals surface area contributed by atoms with Crippen LogP contribution in [0.4, 0.5) is 0 Å². The van der Waals surface area contributed by atoms with Gasteiger partial charge in [-0.25, -0.2) is 0 Å². The summed E-state index contributed by atoms with van der Waals surface area (Å²) >= 11 is 0. The van der Waals surface area contributed by atoms with Crippen LogP contribution in [0.5, 0.6) is 0 Å². The van der Waals surface area contributed by atoms with Gasteiger partial charge in [0.05, 0.1) is 6.42 Å². The van der Waals surface area contributed by atoms with Crippen molar-refractivity contribution >= 4 is 5.97 Å². The lowest BCUT2D eigenvalue weighted by Gasteiger charge is -2.14. The number of benzene rings is 2. The fourth-order valence-electron chi connectivity index (χ4n) is 2.08. The summed E-state index contributed by atoms with van der Waals surface area (Å²) in [5.41, 5.74) is 3.24. The maximum atomic E-state index is 10.6. The lowest BCUT2D eigenvalue weighted by atomic mass is 10.1. The first-order chi connectivity index (χ1) is 9.65. The predicted molar refractivity (Wildman–Crippen MR) is 79.5 cm³/mol. The molecule has 0 aromatic heterocycles. The molecule has 2 N–H and O–H groups in total. The molecule has 0 radical (unpaired) electrons. The minimum absolute atomic E-state index is 0.0775. The highest BCUT2D eigenvalue weighted by molar-refractivity contribution is 5.70. The van der Waals surface area contributed by atoms with Crippen LogP contribution in [-0.2, 0) is 17.8 Å². The van der Waals surface area contributed by atoms with E-state index in [9.17, 15) is 4.79 Å². The van der Waals surface area contributed by atoms with E-state index in [0.717, 1.165) is 17.7 Å². The smallest absolute Gasteiger partial charge is 0.307 e. The first kappa shape index (κ1) is 14.3. The van der Waals surface area contributed by atoms with Crippen molar-refractivity contribution in [2.45, 2.75) is 25.9 Å². The molecule has 0 aliphatic carbocycles. The summed E-state index contributed by atoms with van der Waals surface area (Å²) in [6, 6.07) is 18.3. The van der Waals surface area contributed by atoms with Crippen LogP contribution in [0.3, 0.4) is 0 Å². The lowest BCUT2D eigenvalue weighted by Crippen LogP contribution is -2.17. The van der Waals surface area contributed by atoms with E-state index >= 15 is 0 Å². The Labute approximate surface area is 119 Å². The van der Waals surface area contributed by atoms with Crippen molar-refractivity contribution < 1.29 is 9.90 Å². The Hall–Kier alpha value is -2.13. The van der Waals surface area contributed by atoms with E-state index in [-0.39, 0.29) is 12.5 Å². The summed E-state index contributed by atoms with van der Waals surface area (Å²) in [5.74, 6) is -0.798. The van der Waals surface area contributed by atoms with Gasteiger partial charge in [0.1, 0.15) is 0 Å². The standard InChI is InChI=1S/C17H19NO2/c1-13(16-5-3-2-4-6-16)18-12-15-9-7-14(8-10-15)11-17(19)20/h2-10,13,18H,11-12H2,1H3,(H,19,20). The third kappa shape index (κ3) is 4.21. The quantitative estimate of drug-likeness (QED) is 0.847. The Morgan fingerprint density at radius 3 is 2.25 bits per heavy atom. The van der Waals surface area contributed by atoms with Gasteiger partial charge in [0.15, 0.2) is 0 Å². The lowest BCUT2D eigenvalue weighted by molar-refractivity contribution is -0.136. The summed E-state index contributed by atoms with van der Waals surface area (Å²) in [7, 11) is 0. The molecular formula is C17H19NO2. The fourth-order valence-corrected chi connectivity index (χ4v) is 2.08. The van der Waals surface area contributed by atoms with E-state index in [1.54, 1.807) is 0 Å². The first-order valence-corrected chi connectivity index (χ1v) is 6.73. The van der Waals surface area contributed by atoms with Crippen molar-refractivity contribution in [1.29, 1.82) is 0 Å². The maximum Gasteiger partial charge on any atom is 0.307 e. The van der Waals surface area contributed by atoms with Crippen LogP contribution in [0.25, 0.3) is 0 Å². The molecule has 3 heteroatoms. The molecule has 0 heterocycles. The van der Waals surface area contributed by atoms with E-state index in [2.05, 4.69) is 24.4 Å². The number of carbonyl (C=O) groups is 1. The number of rotatable bonds is 6. The average Bonchev–Trinajstić information content (AvgIpc) is 2.46. The second-order valence-corrected chi connectivity index (χ2v) is 4.90. The largest absolute Gasteiger partial charge is 0.481 e. The molecule has 0 aliphatic rings. The van der Waals surface area contributed by atoms with Gasteiger partial charge in [-0.05, 0) is 23.6 Å². The van der Waals surface area contributed by atoms with Crippen LogP contribution in [0.15, 0.2) is 54.6 Å². The number of carboxylic acids is 1. The van der Waals surface area contributed by atoms with Crippen molar-refractivity contribution in [2.75, 3.05) is 0 Å². The molecule has 0 bridgehead atoms. The highest BCUT2D eigenvalue weighted by Crippen LogP contribution is 2.12. The van der Waals surface area contributed by atoms with E-state index in [1.807, 2.05) is 42.5 Å². The van der Waals surface area contributed by atoms with E-state index in [4.69, 9.17) is 5.11 Å². The van der Waals surface area contributed by atoms with Crippen LogP contribution < -0.4 is 5.32 Å². The van der Waals surface area contributed by atoms with Gasteiger partial charge >= 0.3 is 5.97 Å². The van der Waals surface area contributed by atoms with Gasteiger partial charge in [-0.2, -0.15) is 0 Å². The monoisotopic (exact) mass is 269 g/mol. The molecule has 1 unspecified atom stereocenters. The maximum absolute atomic E-state index is 10.6. The fraction of sp³-hybridized carbons (Fsp3) is 0.235. The van der Waals surface area contributed by atoms with Gasteiger partial charge in [0, 0.05) is 12.6 Å². The van der Waals surface area contributed by atoms with Crippen molar-refractivity contribution in [1.82, 2.24) is 5.32 Å². The Kier molecular flexibility index (Phi) is 4.91. The predicted octanol–water partition coefficient (Wildman–Crippen LogP) is 3.16.